The summed E-state index contributed by atoms with van der Waals surface area (Å²) in [6.45, 7) is 4.73. The van der Waals surface area contributed by atoms with Crippen LogP contribution in [0.4, 0.5) is 0 Å². The number of carboxylic acid groups (broad SMARTS) is 1. The van der Waals surface area contributed by atoms with Crippen molar-refractivity contribution in [3.05, 3.63) is 0 Å². The molecule has 9 nitrogen and oxygen atoms in total. The number of carbonyl (C=O) groups is 3. The van der Waals surface area contributed by atoms with Gasteiger partial charge in [0.15, 0.2) is 12.4 Å². The fraction of sp³-hybridized carbons (Fsp3) is 0.932. The van der Waals surface area contributed by atoms with Gasteiger partial charge in [0.05, 0.1) is 40.3 Å². The van der Waals surface area contributed by atoms with Crippen molar-refractivity contribution in [3.63, 3.8) is 0 Å². The van der Waals surface area contributed by atoms with Crippen molar-refractivity contribution < 1.29 is 42.9 Å². The number of quaternary nitrogens is 1. The Morgan fingerprint density at radius 1 is 0.491 bits per heavy atom. The monoisotopic (exact) mass is 756 g/mol. The van der Waals surface area contributed by atoms with Crippen molar-refractivity contribution in [1.29, 1.82) is 0 Å². The Morgan fingerprint density at radius 2 is 0.849 bits per heavy atom. The quantitative estimate of drug-likeness (QED) is 0.0263. The minimum atomic E-state index is -1.61. The Kier molecular flexibility index (Phi) is 36.0. The van der Waals surface area contributed by atoms with Crippen LogP contribution < -0.4 is 5.11 Å². The van der Waals surface area contributed by atoms with E-state index in [4.69, 9.17) is 18.9 Å². The lowest BCUT2D eigenvalue weighted by molar-refractivity contribution is -0.870. The first-order chi connectivity index (χ1) is 25.6. The molecule has 314 valence electrons. The van der Waals surface area contributed by atoms with E-state index in [1.165, 1.54) is 141 Å². The predicted molar refractivity (Wildman–Crippen MR) is 214 cm³/mol. The van der Waals surface area contributed by atoms with Crippen LogP contribution in [-0.4, -0.2) is 82.3 Å². The molecule has 0 heterocycles. The van der Waals surface area contributed by atoms with Gasteiger partial charge in [-0.3, -0.25) is 9.59 Å². The Hall–Kier alpha value is -1.71. The van der Waals surface area contributed by atoms with Gasteiger partial charge in [-0.25, -0.2) is 0 Å². The van der Waals surface area contributed by atoms with Gasteiger partial charge in [0, 0.05) is 12.8 Å². The van der Waals surface area contributed by atoms with Crippen molar-refractivity contribution in [2.24, 2.45) is 0 Å². The van der Waals surface area contributed by atoms with Gasteiger partial charge < -0.3 is 33.3 Å². The molecule has 0 saturated heterocycles. The van der Waals surface area contributed by atoms with Crippen LogP contribution in [-0.2, 0) is 33.3 Å². The molecule has 0 saturated carbocycles. The molecule has 2 atom stereocenters. The van der Waals surface area contributed by atoms with Gasteiger partial charge in [-0.05, 0) is 12.8 Å². The highest BCUT2D eigenvalue weighted by atomic mass is 16.7. The van der Waals surface area contributed by atoms with E-state index in [2.05, 4.69) is 13.8 Å². The van der Waals surface area contributed by atoms with Crippen molar-refractivity contribution in [3.8, 4) is 0 Å². The van der Waals surface area contributed by atoms with E-state index in [9.17, 15) is 19.5 Å². The summed E-state index contributed by atoms with van der Waals surface area (Å²) in [5, 5.41) is 11.6. The average molecular weight is 756 g/mol. The SMILES string of the molecule is CCCCCCCCCCCCCCCCCCCCCCC(=O)OC(COC(=O)CCCCCCCCCC)COC(OCC[N+](C)(C)C)C(=O)[O-]. The van der Waals surface area contributed by atoms with Crippen LogP contribution in [0.1, 0.15) is 206 Å². The molecule has 2 unspecified atom stereocenters. The van der Waals surface area contributed by atoms with E-state index in [1.54, 1.807) is 0 Å². The number of nitrogens with zero attached hydrogens (tertiary/aromatic N) is 1. The van der Waals surface area contributed by atoms with Crippen LogP contribution >= 0.6 is 0 Å². The normalized spacial score (nSPS) is 12.8. The fourth-order valence-corrected chi connectivity index (χ4v) is 6.36. The number of carboxylic acids is 1. The predicted octanol–water partition coefficient (Wildman–Crippen LogP) is 10.00. The molecule has 0 N–H and O–H groups in total. The molecule has 0 amide bonds. The van der Waals surface area contributed by atoms with E-state index in [0.29, 0.717) is 17.4 Å². The number of unbranched alkanes of at least 4 members (excludes halogenated alkanes) is 26. The lowest BCUT2D eigenvalue weighted by Crippen LogP contribution is -2.44. The number of hydrogen-bond donors (Lipinski definition) is 0. The first kappa shape index (κ1) is 51.3. The van der Waals surface area contributed by atoms with Crippen LogP contribution in [0.5, 0.6) is 0 Å². The van der Waals surface area contributed by atoms with Crippen LogP contribution in [0.3, 0.4) is 0 Å². The molecule has 0 aromatic carbocycles. The highest BCUT2D eigenvalue weighted by Gasteiger charge is 2.21. The number of aliphatic carboxylic acids is 1. The molecule has 0 aliphatic carbocycles. The highest BCUT2D eigenvalue weighted by Crippen LogP contribution is 2.16. The molecule has 9 heteroatoms. The van der Waals surface area contributed by atoms with Gasteiger partial charge in [0.2, 0.25) is 0 Å². The second kappa shape index (κ2) is 37.2. The summed E-state index contributed by atoms with van der Waals surface area (Å²) in [5.74, 6) is -2.27. The number of carbonyl (C=O) groups excluding carboxylic acids is 3. The van der Waals surface area contributed by atoms with Crippen LogP contribution in [0, 0.1) is 0 Å². The largest absolute Gasteiger partial charge is 0.545 e. The minimum absolute atomic E-state index is 0.152. The zero-order valence-electron chi connectivity index (χ0n) is 35.4. The zero-order chi connectivity index (χ0) is 39.3. The Labute approximate surface area is 326 Å². The maximum atomic E-state index is 12.7. The summed E-state index contributed by atoms with van der Waals surface area (Å²) in [6.07, 6.45) is 32.9. The lowest BCUT2D eigenvalue weighted by Gasteiger charge is -2.26. The number of rotatable bonds is 41. The van der Waals surface area contributed by atoms with E-state index in [-0.39, 0.29) is 32.2 Å². The van der Waals surface area contributed by atoms with E-state index < -0.39 is 24.3 Å². The van der Waals surface area contributed by atoms with Crippen molar-refractivity contribution in [2.75, 3.05) is 47.5 Å². The minimum Gasteiger partial charge on any atom is -0.545 e. The molecular weight excluding hydrogens is 670 g/mol. The maximum absolute atomic E-state index is 12.7. The topological polar surface area (TPSA) is 111 Å². The van der Waals surface area contributed by atoms with Crippen LogP contribution in [0.2, 0.25) is 0 Å². The van der Waals surface area contributed by atoms with Gasteiger partial charge in [-0.2, -0.15) is 0 Å². The lowest BCUT2D eigenvalue weighted by atomic mass is 10.0. The number of likely N-dealkylation sites (N-methyl/N-ethyl adjacent to an activating group) is 1. The third kappa shape index (κ3) is 38.4. The third-order valence-corrected chi connectivity index (χ3v) is 9.85. The van der Waals surface area contributed by atoms with Gasteiger partial charge in [0.1, 0.15) is 13.2 Å². The molecule has 0 aliphatic rings. The molecule has 53 heavy (non-hydrogen) atoms. The molecule has 0 spiro atoms. The van der Waals surface area contributed by atoms with Gasteiger partial charge in [0.25, 0.3) is 0 Å². The standard InChI is InChI=1S/C44H85NO8/c1-6-8-10-12-14-16-17-18-19-20-21-22-23-24-25-26-27-29-31-33-35-42(47)53-40(39-52-44(43(48)49)50-37-36-45(3,4)5)38-51-41(46)34-32-30-28-15-13-11-9-7-2/h40,44H,6-39H2,1-5H3. The molecular formula is C44H85NO8. The summed E-state index contributed by atoms with van der Waals surface area (Å²) in [4.78, 5) is 36.8. The first-order valence-corrected chi connectivity index (χ1v) is 22.2. The third-order valence-electron chi connectivity index (χ3n) is 9.85. The average Bonchev–Trinajstić information content (AvgIpc) is 3.11. The van der Waals surface area contributed by atoms with Crippen molar-refractivity contribution in [1.82, 2.24) is 0 Å². The summed E-state index contributed by atoms with van der Waals surface area (Å²) in [5.41, 5.74) is 0. The van der Waals surface area contributed by atoms with E-state index in [0.717, 1.165) is 38.5 Å². The maximum Gasteiger partial charge on any atom is 0.306 e. The molecule has 0 rings (SSSR count). The summed E-state index contributed by atoms with van der Waals surface area (Å²) in [7, 11) is 5.91. The molecule has 0 aromatic rings. The number of esters is 2. The molecule has 0 radical (unpaired) electrons. The van der Waals surface area contributed by atoms with Crippen molar-refractivity contribution >= 4 is 17.9 Å². The van der Waals surface area contributed by atoms with Gasteiger partial charge in [-0.15, -0.1) is 0 Å². The Bertz CT molecular complexity index is 846. The summed E-state index contributed by atoms with van der Waals surface area (Å²) >= 11 is 0. The second-order valence-corrected chi connectivity index (χ2v) is 16.4. The zero-order valence-corrected chi connectivity index (χ0v) is 35.4. The van der Waals surface area contributed by atoms with Crippen molar-refractivity contribution in [2.45, 2.75) is 219 Å². The smallest absolute Gasteiger partial charge is 0.306 e. The van der Waals surface area contributed by atoms with Gasteiger partial charge >= 0.3 is 11.9 Å². The highest BCUT2D eigenvalue weighted by molar-refractivity contribution is 5.70. The Morgan fingerprint density at radius 3 is 1.21 bits per heavy atom. The Balaban J connectivity index is 4.28. The fourth-order valence-electron chi connectivity index (χ4n) is 6.36. The summed E-state index contributed by atoms with van der Waals surface area (Å²) < 4.78 is 22.5. The van der Waals surface area contributed by atoms with E-state index in [1.807, 2.05) is 21.1 Å². The molecule has 0 fully saturated rings. The molecule has 0 aromatic heterocycles. The second-order valence-electron chi connectivity index (χ2n) is 16.4. The number of hydrogen-bond acceptors (Lipinski definition) is 8. The summed E-state index contributed by atoms with van der Waals surface area (Å²) in [6, 6.07) is 0. The van der Waals surface area contributed by atoms with Crippen LogP contribution in [0.15, 0.2) is 0 Å². The first-order valence-electron chi connectivity index (χ1n) is 22.2. The molecule has 0 aliphatic heterocycles. The van der Waals surface area contributed by atoms with E-state index >= 15 is 0 Å². The number of ether oxygens (including phenoxy) is 4. The molecule has 0 bridgehead atoms. The van der Waals surface area contributed by atoms with Crippen LogP contribution in [0.25, 0.3) is 0 Å². The van der Waals surface area contributed by atoms with Gasteiger partial charge in [-0.1, -0.05) is 181 Å².